The number of fused-ring (bicyclic) bond motifs is 1. The molecule has 0 bridgehead atoms. The molecule has 1 aromatic carbocycles. The number of hydrogen-bond acceptors (Lipinski definition) is 4. The predicted molar refractivity (Wildman–Crippen MR) is 93.3 cm³/mol. The smallest absolute Gasteiger partial charge is 0.335 e. The molecular weight excluding hydrogens is 304 g/mol. The number of benzene rings is 1. The van der Waals surface area contributed by atoms with E-state index in [1.54, 1.807) is 24.4 Å². The van der Waals surface area contributed by atoms with Crippen LogP contribution in [-0.2, 0) is 13.6 Å². The topological polar surface area (TPSA) is 80.0 Å². The molecule has 124 valence electrons. The van der Waals surface area contributed by atoms with Crippen LogP contribution in [0.5, 0.6) is 0 Å². The zero-order valence-electron chi connectivity index (χ0n) is 13.9. The Hall–Kier alpha value is -2.89. The standard InChI is InChI=1S/C18H20N4O2/c1-11(2)14-9-21-22(3)16(14)10-20-15-8-13(18(23)24)7-12-5-4-6-19-17(12)15/h4-9,11,20H,10H2,1-3H3,(H,23,24). The Balaban J connectivity index is 1.98. The minimum Gasteiger partial charge on any atom is -0.478 e. The lowest BCUT2D eigenvalue weighted by atomic mass is 10.0. The maximum Gasteiger partial charge on any atom is 0.335 e. The van der Waals surface area contributed by atoms with Crippen LogP contribution < -0.4 is 5.32 Å². The SMILES string of the molecule is CC(C)c1cnn(C)c1CNc1cc(C(=O)O)cc2cccnc12. The van der Waals surface area contributed by atoms with Crippen molar-refractivity contribution in [2.75, 3.05) is 5.32 Å². The van der Waals surface area contributed by atoms with Gasteiger partial charge in [0, 0.05) is 18.6 Å². The normalized spacial score (nSPS) is 11.2. The molecule has 2 N–H and O–H groups in total. The van der Waals surface area contributed by atoms with Gasteiger partial charge < -0.3 is 10.4 Å². The van der Waals surface area contributed by atoms with Crippen LogP contribution in [0.25, 0.3) is 10.9 Å². The van der Waals surface area contributed by atoms with Crippen molar-refractivity contribution in [3.8, 4) is 0 Å². The summed E-state index contributed by atoms with van der Waals surface area (Å²) >= 11 is 0. The lowest BCUT2D eigenvalue weighted by Gasteiger charge is -2.13. The Bertz CT molecular complexity index is 899. The lowest BCUT2D eigenvalue weighted by Crippen LogP contribution is -2.09. The van der Waals surface area contributed by atoms with E-state index in [1.807, 2.05) is 24.0 Å². The van der Waals surface area contributed by atoms with Gasteiger partial charge in [0.15, 0.2) is 0 Å². The Morgan fingerprint density at radius 3 is 2.88 bits per heavy atom. The zero-order valence-corrected chi connectivity index (χ0v) is 13.9. The van der Waals surface area contributed by atoms with Gasteiger partial charge in [-0.15, -0.1) is 0 Å². The maximum atomic E-state index is 11.4. The second-order valence-electron chi connectivity index (χ2n) is 6.08. The van der Waals surface area contributed by atoms with Gasteiger partial charge in [-0.1, -0.05) is 19.9 Å². The van der Waals surface area contributed by atoms with Crippen molar-refractivity contribution in [1.29, 1.82) is 0 Å². The average molecular weight is 324 g/mol. The van der Waals surface area contributed by atoms with Crippen LogP contribution in [0.2, 0.25) is 0 Å². The zero-order chi connectivity index (χ0) is 17.3. The first kappa shape index (κ1) is 16.0. The molecule has 0 atom stereocenters. The van der Waals surface area contributed by atoms with E-state index in [9.17, 15) is 9.90 Å². The van der Waals surface area contributed by atoms with Crippen molar-refractivity contribution in [2.45, 2.75) is 26.3 Å². The molecule has 0 amide bonds. The van der Waals surface area contributed by atoms with Crippen LogP contribution in [0.3, 0.4) is 0 Å². The number of carboxylic acids is 1. The fourth-order valence-corrected chi connectivity index (χ4v) is 2.81. The second-order valence-corrected chi connectivity index (χ2v) is 6.08. The molecule has 0 saturated carbocycles. The summed E-state index contributed by atoms with van der Waals surface area (Å²) in [6, 6.07) is 6.93. The van der Waals surface area contributed by atoms with Crippen molar-refractivity contribution >= 4 is 22.6 Å². The highest BCUT2D eigenvalue weighted by Crippen LogP contribution is 2.25. The summed E-state index contributed by atoms with van der Waals surface area (Å²) in [7, 11) is 1.91. The highest BCUT2D eigenvalue weighted by atomic mass is 16.4. The average Bonchev–Trinajstić information content (AvgIpc) is 2.93. The molecule has 0 unspecified atom stereocenters. The fraction of sp³-hybridized carbons (Fsp3) is 0.278. The lowest BCUT2D eigenvalue weighted by molar-refractivity contribution is 0.0697. The van der Waals surface area contributed by atoms with Gasteiger partial charge in [-0.05, 0) is 29.7 Å². The first-order valence-electron chi connectivity index (χ1n) is 7.84. The van der Waals surface area contributed by atoms with Crippen LogP contribution >= 0.6 is 0 Å². The Morgan fingerprint density at radius 2 is 2.17 bits per heavy atom. The van der Waals surface area contributed by atoms with E-state index in [0.29, 0.717) is 18.2 Å². The van der Waals surface area contributed by atoms with E-state index < -0.39 is 5.97 Å². The number of carbonyl (C=O) groups is 1. The summed E-state index contributed by atoms with van der Waals surface area (Å²) in [4.78, 5) is 15.7. The number of pyridine rings is 1. The third kappa shape index (κ3) is 2.95. The largest absolute Gasteiger partial charge is 0.478 e. The summed E-state index contributed by atoms with van der Waals surface area (Å²) in [5.41, 5.74) is 3.97. The van der Waals surface area contributed by atoms with Gasteiger partial charge in [-0.25, -0.2) is 4.79 Å². The van der Waals surface area contributed by atoms with E-state index in [1.165, 1.54) is 5.56 Å². The number of rotatable bonds is 5. The van der Waals surface area contributed by atoms with Gasteiger partial charge in [-0.3, -0.25) is 9.67 Å². The number of nitrogens with zero attached hydrogens (tertiary/aromatic N) is 3. The molecule has 0 spiro atoms. The molecule has 0 fully saturated rings. The van der Waals surface area contributed by atoms with Crippen molar-refractivity contribution in [3.05, 3.63) is 53.5 Å². The molecule has 0 aliphatic rings. The highest BCUT2D eigenvalue weighted by molar-refractivity contribution is 5.99. The van der Waals surface area contributed by atoms with E-state index in [4.69, 9.17) is 0 Å². The molecule has 3 aromatic rings. The van der Waals surface area contributed by atoms with E-state index >= 15 is 0 Å². The molecule has 6 nitrogen and oxygen atoms in total. The predicted octanol–water partition coefficient (Wildman–Crippen LogP) is 3.40. The van der Waals surface area contributed by atoms with E-state index in [0.717, 1.165) is 16.6 Å². The quantitative estimate of drug-likeness (QED) is 0.752. The summed E-state index contributed by atoms with van der Waals surface area (Å²) < 4.78 is 1.85. The first-order chi connectivity index (χ1) is 11.5. The molecule has 6 heteroatoms. The number of aryl methyl sites for hydroxylation is 1. The van der Waals surface area contributed by atoms with Crippen LogP contribution in [-0.4, -0.2) is 25.8 Å². The van der Waals surface area contributed by atoms with Crippen LogP contribution in [0.1, 0.15) is 41.4 Å². The Morgan fingerprint density at radius 1 is 1.38 bits per heavy atom. The summed E-state index contributed by atoms with van der Waals surface area (Å²) in [6.07, 6.45) is 3.59. The number of aromatic carboxylic acids is 1. The number of nitrogens with one attached hydrogen (secondary N) is 1. The van der Waals surface area contributed by atoms with Gasteiger partial charge in [-0.2, -0.15) is 5.10 Å². The molecular formula is C18H20N4O2. The number of anilines is 1. The second kappa shape index (κ2) is 6.31. The van der Waals surface area contributed by atoms with Crippen LogP contribution in [0, 0.1) is 0 Å². The molecule has 3 rings (SSSR count). The molecule has 2 aromatic heterocycles. The van der Waals surface area contributed by atoms with Crippen molar-refractivity contribution < 1.29 is 9.90 Å². The van der Waals surface area contributed by atoms with Crippen molar-refractivity contribution in [2.24, 2.45) is 7.05 Å². The monoisotopic (exact) mass is 324 g/mol. The third-order valence-electron chi connectivity index (χ3n) is 4.11. The summed E-state index contributed by atoms with van der Waals surface area (Å²) in [6.45, 7) is 4.81. The number of hydrogen-bond donors (Lipinski definition) is 2. The van der Waals surface area contributed by atoms with Gasteiger partial charge in [0.05, 0.1) is 35.2 Å². The highest BCUT2D eigenvalue weighted by Gasteiger charge is 2.14. The Labute approximate surface area is 140 Å². The maximum absolute atomic E-state index is 11.4. The van der Waals surface area contributed by atoms with Crippen LogP contribution in [0.15, 0.2) is 36.7 Å². The van der Waals surface area contributed by atoms with Gasteiger partial charge in [0.2, 0.25) is 0 Å². The molecule has 0 radical (unpaired) electrons. The number of aromatic nitrogens is 3. The number of carboxylic acid groups (broad SMARTS) is 1. The van der Waals surface area contributed by atoms with Crippen molar-refractivity contribution in [1.82, 2.24) is 14.8 Å². The molecule has 0 aliphatic heterocycles. The minimum absolute atomic E-state index is 0.243. The van der Waals surface area contributed by atoms with Crippen LogP contribution in [0.4, 0.5) is 5.69 Å². The van der Waals surface area contributed by atoms with Crippen molar-refractivity contribution in [3.63, 3.8) is 0 Å². The minimum atomic E-state index is -0.952. The molecule has 24 heavy (non-hydrogen) atoms. The first-order valence-corrected chi connectivity index (χ1v) is 7.84. The Kier molecular flexibility index (Phi) is 4.20. The third-order valence-corrected chi connectivity index (χ3v) is 4.11. The summed E-state index contributed by atoms with van der Waals surface area (Å²) in [5, 5.41) is 17.8. The molecule has 0 saturated heterocycles. The van der Waals surface area contributed by atoms with E-state index in [-0.39, 0.29) is 5.56 Å². The van der Waals surface area contributed by atoms with Gasteiger partial charge in [0.25, 0.3) is 0 Å². The molecule has 2 heterocycles. The van der Waals surface area contributed by atoms with Gasteiger partial charge >= 0.3 is 5.97 Å². The van der Waals surface area contributed by atoms with Gasteiger partial charge in [0.1, 0.15) is 0 Å². The molecule has 0 aliphatic carbocycles. The van der Waals surface area contributed by atoms with E-state index in [2.05, 4.69) is 29.2 Å². The summed E-state index contributed by atoms with van der Waals surface area (Å²) in [5.74, 6) is -0.581. The fourth-order valence-electron chi connectivity index (χ4n) is 2.81.